The lowest BCUT2D eigenvalue weighted by molar-refractivity contribution is 0.271. The first-order valence-electron chi connectivity index (χ1n) is 7.08. The zero-order valence-corrected chi connectivity index (χ0v) is 13.4. The minimum atomic E-state index is 0.0220. The van der Waals surface area contributed by atoms with Gasteiger partial charge in [-0.05, 0) is 30.0 Å². The molecule has 0 radical (unpaired) electrons. The number of fused-ring (bicyclic) bond motifs is 3. The van der Waals surface area contributed by atoms with Crippen LogP contribution in [0.3, 0.4) is 0 Å². The number of rotatable bonds is 4. The Morgan fingerprint density at radius 1 is 1.14 bits per heavy atom. The van der Waals surface area contributed by atoms with Crippen molar-refractivity contribution in [3.8, 4) is 0 Å². The first kappa shape index (κ1) is 14.3. The second-order valence-electron chi connectivity index (χ2n) is 5.10. The number of aromatic nitrogens is 1. The summed E-state index contributed by atoms with van der Waals surface area (Å²) in [5.74, 6) is 0.835. The van der Waals surface area contributed by atoms with Gasteiger partial charge in [-0.15, -0.1) is 0 Å². The highest BCUT2D eigenvalue weighted by Gasteiger charge is 2.11. The molecule has 21 heavy (non-hydrogen) atoms. The van der Waals surface area contributed by atoms with Crippen LogP contribution in [0, 0.1) is 0 Å². The van der Waals surface area contributed by atoms with Crippen molar-refractivity contribution in [3.05, 3.63) is 46.9 Å². The van der Waals surface area contributed by atoms with Crippen LogP contribution in [0.4, 0.5) is 5.82 Å². The van der Waals surface area contributed by atoms with Gasteiger partial charge in [0.15, 0.2) is 0 Å². The molecule has 3 aromatic rings. The normalized spacial score (nSPS) is 12.7. The van der Waals surface area contributed by atoms with Gasteiger partial charge >= 0.3 is 0 Å². The fraction of sp³-hybridized carbons (Fsp3) is 0.235. The van der Waals surface area contributed by atoms with Crippen LogP contribution in [0.15, 0.2) is 46.9 Å². The van der Waals surface area contributed by atoms with Crippen molar-refractivity contribution in [1.29, 1.82) is 0 Å². The van der Waals surface area contributed by atoms with Crippen LogP contribution in [0.25, 0.3) is 21.7 Å². The zero-order chi connectivity index (χ0) is 14.8. The summed E-state index contributed by atoms with van der Waals surface area (Å²) in [5, 5.41) is 16.1. The van der Waals surface area contributed by atoms with Crippen LogP contribution in [0.1, 0.15) is 13.3 Å². The van der Waals surface area contributed by atoms with Crippen LogP contribution in [0.5, 0.6) is 0 Å². The van der Waals surface area contributed by atoms with Gasteiger partial charge in [0, 0.05) is 15.2 Å². The van der Waals surface area contributed by atoms with Crippen molar-refractivity contribution in [3.63, 3.8) is 0 Å². The van der Waals surface area contributed by atoms with Crippen molar-refractivity contribution in [2.75, 3.05) is 11.9 Å². The average Bonchev–Trinajstić information content (AvgIpc) is 2.53. The first-order chi connectivity index (χ1) is 10.2. The molecule has 0 unspecified atom stereocenters. The Bertz CT molecular complexity index is 784. The lowest BCUT2D eigenvalue weighted by Gasteiger charge is -2.17. The van der Waals surface area contributed by atoms with Gasteiger partial charge < -0.3 is 10.4 Å². The van der Waals surface area contributed by atoms with E-state index in [-0.39, 0.29) is 12.6 Å². The van der Waals surface area contributed by atoms with Crippen LogP contribution >= 0.6 is 15.9 Å². The fourth-order valence-corrected chi connectivity index (χ4v) is 2.87. The maximum atomic E-state index is 9.41. The van der Waals surface area contributed by atoms with Crippen LogP contribution < -0.4 is 5.32 Å². The summed E-state index contributed by atoms with van der Waals surface area (Å²) >= 11 is 3.52. The molecule has 0 aliphatic carbocycles. The molecule has 0 fully saturated rings. The van der Waals surface area contributed by atoms with Gasteiger partial charge in [-0.2, -0.15) is 0 Å². The molecule has 0 amide bonds. The summed E-state index contributed by atoms with van der Waals surface area (Å²) in [6, 6.07) is 14.3. The second-order valence-corrected chi connectivity index (χ2v) is 6.02. The van der Waals surface area contributed by atoms with Gasteiger partial charge in [0.2, 0.25) is 0 Å². The Morgan fingerprint density at radius 3 is 2.62 bits per heavy atom. The fourth-order valence-electron chi connectivity index (χ4n) is 2.51. The lowest BCUT2D eigenvalue weighted by atomic mass is 10.1. The van der Waals surface area contributed by atoms with Gasteiger partial charge in [-0.25, -0.2) is 4.98 Å². The predicted octanol–water partition coefficient (Wildman–Crippen LogP) is 4.33. The van der Waals surface area contributed by atoms with Crippen molar-refractivity contribution in [2.24, 2.45) is 0 Å². The van der Waals surface area contributed by atoms with E-state index in [1.54, 1.807) is 0 Å². The van der Waals surface area contributed by atoms with E-state index in [0.29, 0.717) is 0 Å². The Morgan fingerprint density at radius 2 is 1.90 bits per heavy atom. The van der Waals surface area contributed by atoms with Crippen LogP contribution in [-0.4, -0.2) is 22.7 Å². The van der Waals surface area contributed by atoms with Gasteiger partial charge in [-0.3, -0.25) is 0 Å². The van der Waals surface area contributed by atoms with Gasteiger partial charge in [0.05, 0.1) is 18.2 Å². The van der Waals surface area contributed by atoms with Crippen LogP contribution in [-0.2, 0) is 0 Å². The molecule has 0 aliphatic heterocycles. The molecule has 2 N–H and O–H groups in total. The van der Waals surface area contributed by atoms with E-state index in [9.17, 15) is 5.11 Å². The smallest absolute Gasteiger partial charge is 0.134 e. The summed E-state index contributed by atoms with van der Waals surface area (Å²) < 4.78 is 1.05. The molecule has 0 bridgehead atoms. The Hall–Kier alpha value is -1.65. The molecule has 0 spiro atoms. The van der Waals surface area contributed by atoms with E-state index >= 15 is 0 Å². The number of benzene rings is 2. The molecule has 1 heterocycles. The largest absolute Gasteiger partial charge is 0.394 e. The number of aliphatic hydroxyl groups is 1. The maximum Gasteiger partial charge on any atom is 0.134 e. The highest BCUT2D eigenvalue weighted by Crippen LogP contribution is 2.31. The third-order valence-electron chi connectivity index (χ3n) is 3.72. The molecule has 3 nitrogen and oxygen atoms in total. The topological polar surface area (TPSA) is 45.1 Å². The van der Waals surface area contributed by atoms with Crippen LogP contribution in [0.2, 0.25) is 0 Å². The molecule has 0 saturated carbocycles. The van der Waals surface area contributed by atoms with Gasteiger partial charge in [0.25, 0.3) is 0 Å². The SMILES string of the molecule is CC[C@H](CO)Nc1nc2ccc(Br)cc2c2ccccc12. The van der Waals surface area contributed by atoms with Crippen molar-refractivity contribution in [2.45, 2.75) is 19.4 Å². The van der Waals surface area contributed by atoms with Crippen molar-refractivity contribution >= 4 is 43.4 Å². The predicted molar refractivity (Wildman–Crippen MR) is 91.7 cm³/mol. The summed E-state index contributed by atoms with van der Waals surface area (Å²) in [5.41, 5.74) is 0.951. The highest BCUT2D eigenvalue weighted by molar-refractivity contribution is 9.10. The van der Waals surface area contributed by atoms with E-state index in [0.717, 1.165) is 33.0 Å². The first-order valence-corrected chi connectivity index (χ1v) is 7.87. The number of aliphatic hydroxyl groups excluding tert-OH is 1. The quantitative estimate of drug-likeness (QED) is 0.692. The summed E-state index contributed by atoms with van der Waals surface area (Å²) in [7, 11) is 0. The molecule has 1 atom stereocenters. The standard InChI is InChI=1S/C17H17BrN2O/c1-2-12(10-21)19-17-14-6-4-3-5-13(14)15-9-11(18)7-8-16(15)20-17/h3-9,12,21H,2,10H2,1H3,(H,19,20)/t12-/m1/s1. The molecule has 2 aromatic carbocycles. The monoisotopic (exact) mass is 344 g/mol. The maximum absolute atomic E-state index is 9.41. The van der Waals surface area contributed by atoms with E-state index < -0.39 is 0 Å². The third kappa shape index (κ3) is 2.74. The van der Waals surface area contributed by atoms with E-state index in [1.807, 2.05) is 31.2 Å². The number of hydrogen-bond acceptors (Lipinski definition) is 3. The average molecular weight is 345 g/mol. The molecule has 108 valence electrons. The molecule has 3 rings (SSSR count). The minimum absolute atomic E-state index is 0.0220. The summed E-state index contributed by atoms with van der Waals surface area (Å²) in [6.07, 6.45) is 0.852. The highest BCUT2D eigenvalue weighted by atomic mass is 79.9. The summed E-state index contributed by atoms with van der Waals surface area (Å²) in [6.45, 7) is 2.15. The Labute approximate surface area is 132 Å². The van der Waals surface area contributed by atoms with E-state index in [4.69, 9.17) is 4.98 Å². The number of anilines is 1. The Kier molecular flexibility index (Phi) is 4.08. The van der Waals surface area contributed by atoms with E-state index in [2.05, 4.69) is 39.4 Å². The molecule has 0 saturated heterocycles. The van der Waals surface area contributed by atoms with Crippen molar-refractivity contribution in [1.82, 2.24) is 4.98 Å². The Balaban J connectivity index is 2.25. The van der Waals surface area contributed by atoms with Gasteiger partial charge in [0.1, 0.15) is 5.82 Å². The third-order valence-corrected chi connectivity index (χ3v) is 4.21. The minimum Gasteiger partial charge on any atom is -0.394 e. The molecule has 1 aromatic heterocycles. The molecule has 0 aliphatic rings. The second kappa shape index (κ2) is 6.00. The van der Waals surface area contributed by atoms with Crippen molar-refractivity contribution < 1.29 is 5.11 Å². The number of halogens is 1. The molecular weight excluding hydrogens is 328 g/mol. The lowest BCUT2D eigenvalue weighted by Crippen LogP contribution is -2.23. The number of hydrogen-bond donors (Lipinski definition) is 2. The van der Waals surface area contributed by atoms with E-state index in [1.165, 1.54) is 5.39 Å². The molecular formula is C17H17BrN2O. The number of nitrogens with one attached hydrogen (secondary N) is 1. The van der Waals surface area contributed by atoms with Gasteiger partial charge in [-0.1, -0.05) is 47.1 Å². The summed E-state index contributed by atoms with van der Waals surface area (Å²) in [4.78, 5) is 4.74. The zero-order valence-electron chi connectivity index (χ0n) is 11.8. The number of pyridine rings is 1. The molecule has 4 heteroatoms. The number of nitrogens with zero attached hydrogens (tertiary/aromatic N) is 1.